The van der Waals surface area contributed by atoms with Gasteiger partial charge in [0.25, 0.3) is 0 Å². The second-order valence-electron chi connectivity index (χ2n) is 3.61. The summed E-state index contributed by atoms with van der Waals surface area (Å²) in [4.78, 5) is -0.00379. The molecule has 0 bridgehead atoms. The van der Waals surface area contributed by atoms with Gasteiger partial charge in [-0.3, -0.25) is 0 Å². The van der Waals surface area contributed by atoms with E-state index in [2.05, 4.69) is 4.72 Å². The molecule has 9 heteroatoms. The van der Waals surface area contributed by atoms with E-state index in [9.17, 15) is 16.8 Å². The molecule has 0 unspecified atom stereocenters. The van der Waals surface area contributed by atoms with Gasteiger partial charge < -0.3 is 5.11 Å². The summed E-state index contributed by atoms with van der Waals surface area (Å²) in [6.45, 7) is -0.0281. The minimum Gasteiger partial charge on any atom is -0.508 e. The number of sulfonamides is 2. The van der Waals surface area contributed by atoms with Crippen molar-refractivity contribution in [1.29, 1.82) is 0 Å². The summed E-state index contributed by atoms with van der Waals surface area (Å²) in [6.07, 6.45) is 0.0934. The lowest BCUT2D eigenvalue weighted by molar-refractivity contribution is 0.474. The van der Waals surface area contributed by atoms with Crippen LogP contribution in [0, 0.1) is 0 Å². The molecule has 0 spiro atoms. The molecule has 7 nitrogen and oxygen atoms in total. The van der Waals surface area contributed by atoms with Crippen molar-refractivity contribution in [3.05, 3.63) is 24.3 Å². The van der Waals surface area contributed by atoms with E-state index in [0.717, 1.165) is 0 Å². The third kappa shape index (κ3) is 5.00. The minimum absolute atomic E-state index is 0.00379. The average Bonchev–Trinajstić information content (AvgIpc) is 2.24. The Morgan fingerprint density at radius 1 is 1.11 bits per heavy atom. The number of nitrogens with two attached hydrogens (primary N) is 1. The normalized spacial score (nSPS) is 12.5. The molecule has 0 saturated heterocycles. The Labute approximate surface area is 106 Å². The van der Waals surface area contributed by atoms with Crippen molar-refractivity contribution >= 4 is 20.0 Å². The molecular weight excluding hydrogens is 280 g/mol. The highest BCUT2D eigenvalue weighted by Gasteiger charge is 2.13. The van der Waals surface area contributed by atoms with Gasteiger partial charge in [-0.15, -0.1) is 0 Å². The number of aromatic hydroxyl groups is 1. The third-order valence-corrected chi connectivity index (χ3v) is 4.38. The van der Waals surface area contributed by atoms with Crippen LogP contribution < -0.4 is 9.86 Å². The topological polar surface area (TPSA) is 127 Å². The van der Waals surface area contributed by atoms with Crippen LogP contribution in [0.3, 0.4) is 0 Å². The van der Waals surface area contributed by atoms with Crippen LogP contribution in [0.1, 0.15) is 6.42 Å². The fraction of sp³-hybridized carbons (Fsp3) is 0.333. The molecule has 0 atom stereocenters. The SMILES string of the molecule is NS(=O)(=O)CCCNS(=O)(=O)c1ccc(O)cc1. The smallest absolute Gasteiger partial charge is 0.240 e. The molecule has 0 amide bonds. The number of hydrogen-bond donors (Lipinski definition) is 3. The molecule has 0 aliphatic rings. The summed E-state index contributed by atoms with van der Waals surface area (Å²) in [6, 6.07) is 4.99. The van der Waals surface area contributed by atoms with Crippen molar-refractivity contribution in [3.8, 4) is 5.75 Å². The molecule has 0 aromatic heterocycles. The molecule has 0 fully saturated rings. The Bertz CT molecular complexity index is 592. The summed E-state index contributed by atoms with van der Waals surface area (Å²) in [5, 5.41) is 13.8. The van der Waals surface area contributed by atoms with Crippen LogP contribution in [-0.4, -0.2) is 34.2 Å². The van der Waals surface area contributed by atoms with Gasteiger partial charge in [0.2, 0.25) is 20.0 Å². The zero-order valence-electron chi connectivity index (χ0n) is 9.40. The molecule has 1 aromatic carbocycles. The second-order valence-corrected chi connectivity index (χ2v) is 7.11. The zero-order chi connectivity index (χ0) is 13.8. The van der Waals surface area contributed by atoms with E-state index in [-0.39, 0.29) is 29.4 Å². The molecule has 1 rings (SSSR count). The van der Waals surface area contributed by atoms with Gasteiger partial charge >= 0.3 is 0 Å². The molecule has 0 aliphatic carbocycles. The first kappa shape index (κ1) is 14.9. The fourth-order valence-electron chi connectivity index (χ4n) is 1.19. The van der Waals surface area contributed by atoms with Gasteiger partial charge in [-0.1, -0.05) is 0 Å². The van der Waals surface area contributed by atoms with E-state index in [1.54, 1.807) is 0 Å². The summed E-state index contributed by atoms with van der Waals surface area (Å²) in [7, 11) is -7.27. The molecule has 0 aliphatic heterocycles. The first-order chi connectivity index (χ1) is 8.21. The van der Waals surface area contributed by atoms with Crippen LogP contribution >= 0.6 is 0 Å². The van der Waals surface area contributed by atoms with Crippen LogP contribution in [0.15, 0.2) is 29.2 Å². The van der Waals surface area contributed by atoms with E-state index in [1.807, 2.05) is 0 Å². The number of nitrogens with one attached hydrogen (secondary N) is 1. The number of hydrogen-bond acceptors (Lipinski definition) is 5. The molecule has 4 N–H and O–H groups in total. The quantitative estimate of drug-likeness (QED) is 0.601. The molecular formula is C9H14N2O5S2. The molecule has 102 valence electrons. The van der Waals surface area contributed by atoms with Crippen molar-refractivity contribution < 1.29 is 21.9 Å². The highest BCUT2D eigenvalue weighted by atomic mass is 32.2. The maximum atomic E-state index is 11.7. The van der Waals surface area contributed by atoms with Gasteiger partial charge in [0.05, 0.1) is 10.6 Å². The summed E-state index contributed by atoms with van der Waals surface area (Å²) in [5.74, 6) is -0.325. The zero-order valence-corrected chi connectivity index (χ0v) is 11.0. The lowest BCUT2D eigenvalue weighted by Gasteiger charge is -2.06. The van der Waals surface area contributed by atoms with Crippen molar-refractivity contribution in [2.45, 2.75) is 11.3 Å². The lowest BCUT2D eigenvalue weighted by atomic mass is 10.3. The monoisotopic (exact) mass is 294 g/mol. The predicted molar refractivity (Wildman–Crippen MR) is 65.9 cm³/mol. The number of benzene rings is 1. The summed E-state index contributed by atoms with van der Waals surface area (Å²) >= 11 is 0. The Morgan fingerprint density at radius 3 is 2.17 bits per heavy atom. The van der Waals surface area contributed by atoms with Crippen LogP contribution in [-0.2, 0) is 20.0 Å². The third-order valence-electron chi connectivity index (χ3n) is 2.04. The van der Waals surface area contributed by atoms with Crippen molar-refractivity contribution in [1.82, 2.24) is 4.72 Å². The second kappa shape index (κ2) is 5.65. The average molecular weight is 294 g/mol. The Kier molecular flexibility index (Phi) is 4.68. The van der Waals surface area contributed by atoms with Crippen LogP contribution in [0.4, 0.5) is 0 Å². The van der Waals surface area contributed by atoms with Gasteiger partial charge in [-0.05, 0) is 30.7 Å². The van der Waals surface area contributed by atoms with Gasteiger partial charge in [0, 0.05) is 6.54 Å². The van der Waals surface area contributed by atoms with E-state index in [0.29, 0.717) is 0 Å². The van der Waals surface area contributed by atoms with Crippen LogP contribution in [0.25, 0.3) is 0 Å². The number of phenolic OH excluding ortho intramolecular Hbond substituents is 1. The Balaban J connectivity index is 2.58. The van der Waals surface area contributed by atoms with E-state index in [4.69, 9.17) is 10.2 Å². The minimum atomic E-state index is -3.69. The van der Waals surface area contributed by atoms with E-state index < -0.39 is 20.0 Å². The van der Waals surface area contributed by atoms with Gasteiger partial charge in [0.15, 0.2) is 0 Å². The largest absolute Gasteiger partial charge is 0.508 e. The van der Waals surface area contributed by atoms with Crippen molar-refractivity contribution in [2.75, 3.05) is 12.3 Å². The summed E-state index contributed by atoms with van der Waals surface area (Å²) in [5.41, 5.74) is 0. The molecule has 0 radical (unpaired) electrons. The van der Waals surface area contributed by atoms with Crippen LogP contribution in [0.5, 0.6) is 5.75 Å². The van der Waals surface area contributed by atoms with Gasteiger partial charge in [-0.25, -0.2) is 26.7 Å². The Morgan fingerprint density at radius 2 is 1.67 bits per heavy atom. The summed E-state index contributed by atoms with van der Waals surface area (Å²) < 4.78 is 46.9. The lowest BCUT2D eigenvalue weighted by Crippen LogP contribution is -2.27. The Hall–Kier alpha value is -1.16. The van der Waals surface area contributed by atoms with Crippen LogP contribution in [0.2, 0.25) is 0 Å². The molecule has 18 heavy (non-hydrogen) atoms. The first-order valence-electron chi connectivity index (χ1n) is 5.00. The molecule has 1 aromatic rings. The fourth-order valence-corrected chi connectivity index (χ4v) is 2.81. The van der Waals surface area contributed by atoms with Crippen molar-refractivity contribution in [3.63, 3.8) is 0 Å². The standard InChI is InChI=1S/C9H14N2O5S2/c10-17(13,14)7-1-6-11-18(15,16)9-4-2-8(12)3-5-9/h2-5,11-12H,1,6-7H2,(H2,10,13,14). The molecule has 0 heterocycles. The first-order valence-corrected chi connectivity index (χ1v) is 8.20. The van der Waals surface area contributed by atoms with Gasteiger partial charge in [0.1, 0.15) is 5.75 Å². The molecule has 0 saturated carbocycles. The number of rotatable bonds is 6. The highest BCUT2D eigenvalue weighted by Crippen LogP contribution is 2.13. The highest BCUT2D eigenvalue weighted by molar-refractivity contribution is 7.89. The number of phenols is 1. The van der Waals surface area contributed by atoms with Gasteiger partial charge in [-0.2, -0.15) is 0 Å². The predicted octanol–water partition coefficient (Wildman–Crippen LogP) is -0.651. The number of primary sulfonamides is 1. The van der Waals surface area contributed by atoms with Crippen molar-refractivity contribution in [2.24, 2.45) is 5.14 Å². The van der Waals surface area contributed by atoms with E-state index in [1.165, 1.54) is 24.3 Å². The van der Waals surface area contributed by atoms with E-state index >= 15 is 0 Å². The maximum Gasteiger partial charge on any atom is 0.240 e. The maximum absolute atomic E-state index is 11.7.